The second kappa shape index (κ2) is 5.19. The molecule has 108 valence electrons. The van der Waals surface area contributed by atoms with Gasteiger partial charge >= 0.3 is 0 Å². The second-order valence-corrected chi connectivity index (χ2v) is 6.21. The summed E-state index contributed by atoms with van der Waals surface area (Å²) in [6.07, 6.45) is 2.30. The molecule has 0 bridgehead atoms. The Morgan fingerprint density at radius 2 is 2.00 bits per heavy atom. The van der Waals surface area contributed by atoms with Gasteiger partial charge in [0.1, 0.15) is 5.75 Å². The summed E-state index contributed by atoms with van der Waals surface area (Å²) in [5.74, 6) is 1.76. The number of fused-ring (bicyclic) bond motifs is 1. The quantitative estimate of drug-likeness (QED) is 0.918. The molecule has 3 unspecified atom stereocenters. The molecule has 1 fully saturated rings. The van der Waals surface area contributed by atoms with Gasteiger partial charge in [0, 0.05) is 24.4 Å². The summed E-state index contributed by atoms with van der Waals surface area (Å²) >= 11 is 0. The molecule has 3 atom stereocenters. The van der Waals surface area contributed by atoms with Gasteiger partial charge in [0.2, 0.25) is 0 Å². The maximum Gasteiger partial charge on any atom is 0.122 e. The maximum absolute atomic E-state index is 5.58. The lowest BCUT2D eigenvalue weighted by molar-refractivity contribution is 0.356. The summed E-state index contributed by atoms with van der Waals surface area (Å²) in [6, 6.07) is 18.5. The Hall–Kier alpha value is -1.80. The van der Waals surface area contributed by atoms with Crippen molar-refractivity contribution in [3.63, 3.8) is 0 Å². The number of benzene rings is 2. The fourth-order valence-corrected chi connectivity index (χ4v) is 3.34. The SMILES string of the molecule is CC(NC1CC1c1ccccc1)c1ccc2c(c1)CCO2. The van der Waals surface area contributed by atoms with Crippen molar-refractivity contribution in [1.29, 1.82) is 0 Å². The lowest BCUT2D eigenvalue weighted by Gasteiger charge is -2.15. The molecule has 21 heavy (non-hydrogen) atoms. The third-order valence-electron chi connectivity index (χ3n) is 4.70. The van der Waals surface area contributed by atoms with Gasteiger partial charge in [-0.05, 0) is 36.1 Å². The van der Waals surface area contributed by atoms with Crippen LogP contribution in [0.5, 0.6) is 5.75 Å². The van der Waals surface area contributed by atoms with Gasteiger partial charge in [-0.1, -0.05) is 42.5 Å². The predicted octanol–water partition coefficient (Wildman–Crippen LogP) is 3.83. The molecular weight excluding hydrogens is 258 g/mol. The van der Waals surface area contributed by atoms with Crippen LogP contribution in [0.25, 0.3) is 0 Å². The first-order valence-corrected chi connectivity index (χ1v) is 7.88. The van der Waals surface area contributed by atoms with E-state index in [1.165, 1.54) is 23.1 Å². The molecule has 2 heteroatoms. The van der Waals surface area contributed by atoms with Crippen molar-refractivity contribution in [1.82, 2.24) is 5.32 Å². The Kier molecular flexibility index (Phi) is 3.19. The molecule has 1 saturated carbocycles. The number of rotatable bonds is 4. The highest BCUT2D eigenvalue weighted by Crippen LogP contribution is 2.42. The van der Waals surface area contributed by atoms with E-state index in [2.05, 4.69) is 60.8 Å². The first-order valence-electron chi connectivity index (χ1n) is 7.88. The van der Waals surface area contributed by atoms with Gasteiger partial charge in [-0.15, -0.1) is 0 Å². The molecule has 0 radical (unpaired) electrons. The molecule has 2 aromatic rings. The Morgan fingerprint density at radius 1 is 1.14 bits per heavy atom. The van der Waals surface area contributed by atoms with Gasteiger partial charge in [-0.2, -0.15) is 0 Å². The van der Waals surface area contributed by atoms with Crippen molar-refractivity contribution in [2.24, 2.45) is 0 Å². The molecule has 1 aliphatic heterocycles. The lowest BCUT2D eigenvalue weighted by Crippen LogP contribution is -2.22. The molecule has 0 spiro atoms. The van der Waals surface area contributed by atoms with Crippen LogP contribution in [0.4, 0.5) is 0 Å². The third-order valence-corrected chi connectivity index (χ3v) is 4.70. The Morgan fingerprint density at radius 3 is 2.86 bits per heavy atom. The van der Waals surface area contributed by atoms with Gasteiger partial charge in [0.15, 0.2) is 0 Å². The van der Waals surface area contributed by atoms with Crippen LogP contribution >= 0.6 is 0 Å². The molecule has 1 heterocycles. The third kappa shape index (κ3) is 2.56. The zero-order valence-electron chi connectivity index (χ0n) is 12.4. The number of ether oxygens (including phenoxy) is 1. The van der Waals surface area contributed by atoms with Crippen molar-refractivity contribution >= 4 is 0 Å². The lowest BCUT2D eigenvalue weighted by atomic mass is 10.0. The average molecular weight is 279 g/mol. The predicted molar refractivity (Wildman–Crippen MR) is 84.8 cm³/mol. The Bertz CT molecular complexity index is 637. The monoisotopic (exact) mass is 279 g/mol. The molecule has 2 aliphatic rings. The van der Waals surface area contributed by atoms with Gasteiger partial charge in [0.25, 0.3) is 0 Å². The normalized spacial score (nSPS) is 24.2. The average Bonchev–Trinajstić information content (AvgIpc) is 3.12. The van der Waals surface area contributed by atoms with Crippen molar-refractivity contribution < 1.29 is 4.74 Å². The summed E-state index contributed by atoms with van der Waals surface area (Å²) < 4.78 is 5.58. The fourth-order valence-electron chi connectivity index (χ4n) is 3.34. The molecule has 1 N–H and O–H groups in total. The van der Waals surface area contributed by atoms with E-state index < -0.39 is 0 Å². The van der Waals surface area contributed by atoms with Crippen LogP contribution in [0, 0.1) is 0 Å². The van der Waals surface area contributed by atoms with E-state index in [-0.39, 0.29) is 0 Å². The first kappa shape index (κ1) is 12.9. The van der Waals surface area contributed by atoms with E-state index in [9.17, 15) is 0 Å². The molecule has 1 aliphatic carbocycles. The molecule has 0 amide bonds. The van der Waals surface area contributed by atoms with E-state index >= 15 is 0 Å². The van der Waals surface area contributed by atoms with Crippen molar-refractivity contribution in [2.45, 2.75) is 37.8 Å². The van der Waals surface area contributed by atoms with Crippen LogP contribution in [0.15, 0.2) is 48.5 Å². The van der Waals surface area contributed by atoms with Crippen LogP contribution in [-0.2, 0) is 6.42 Å². The van der Waals surface area contributed by atoms with E-state index in [0.717, 1.165) is 18.8 Å². The highest BCUT2D eigenvalue weighted by molar-refractivity contribution is 5.41. The molecule has 2 nitrogen and oxygen atoms in total. The van der Waals surface area contributed by atoms with Crippen LogP contribution in [0.1, 0.15) is 42.0 Å². The number of hydrogen-bond acceptors (Lipinski definition) is 2. The van der Waals surface area contributed by atoms with Gasteiger partial charge in [-0.3, -0.25) is 0 Å². The number of nitrogens with one attached hydrogen (secondary N) is 1. The van der Waals surface area contributed by atoms with Crippen LogP contribution < -0.4 is 10.1 Å². The molecular formula is C19H21NO. The minimum Gasteiger partial charge on any atom is -0.493 e. The highest BCUT2D eigenvalue weighted by Gasteiger charge is 2.38. The van der Waals surface area contributed by atoms with E-state index in [1.54, 1.807) is 0 Å². The summed E-state index contributed by atoms with van der Waals surface area (Å²) in [4.78, 5) is 0. The van der Waals surface area contributed by atoms with Crippen molar-refractivity contribution in [3.8, 4) is 5.75 Å². The highest BCUT2D eigenvalue weighted by atomic mass is 16.5. The zero-order chi connectivity index (χ0) is 14.2. The summed E-state index contributed by atoms with van der Waals surface area (Å²) in [5.41, 5.74) is 4.19. The van der Waals surface area contributed by atoms with Crippen molar-refractivity contribution in [3.05, 3.63) is 65.2 Å². The topological polar surface area (TPSA) is 21.3 Å². The summed E-state index contributed by atoms with van der Waals surface area (Å²) in [6.45, 7) is 3.09. The van der Waals surface area contributed by atoms with E-state index in [4.69, 9.17) is 4.74 Å². The summed E-state index contributed by atoms with van der Waals surface area (Å²) in [5, 5.41) is 3.77. The maximum atomic E-state index is 5.58. The van der Waals surface area contributed by atoms with Crippen molar-refractivity contribution in [2.75, 3.05) is 6.61 Å². The number of hydrogen-bond donors (Lipinski definition) is 1. The van der Waals surface area contributed by atoms with Gasteiger partial charge < -0.3 is 10.1 Å². The van der Waals surface area contributed by atoms with Crippen LogP contribution in [0.2, 0.25) is 0 Å². The molecule has 0 aromatic heterocycles. The smallest absolute Gasteiger partial charge is 0.122 e. The minimum absolute atomic E-state index is 0.398. The molecule has 0 saturated heterocycles. The van der Waals surface area contributed by atoms with Crippen LogP contribution in [-0.4, -0.2) is 12.6 Å². The standard InChI is InChI=1S/C19H21NO/c1-13(15-7-8-19-16(11-15)9-10-21-19)20-18-12-17(18)14-5-3-2-4-6-14/h2-8,11,13,17-18,20H,9-10,12H2,1H3. The van der Waals surface area contributed by atoms with Gasteiger partial charge in [0.05, 0.1) is 6.61 Å². The van der Waals surface area contributed by atoms with Crippen LogP contribution in [0.3, 0.4) is 0 Å². The Balaban J connectivity index is 1.42. The Labute approximate surface area is 126 Å². The first-order chi connectivity index (χ1) is 10.3. The zero-order valence-corrected chi connectivity index (χ0v) is 12.4. The fraction of sp³-hybridized carbons (Fsp3) is 0.368. The second-order valence-electron chi connectivity index (χ2n) is 6.21. The minimum atomic E-state index is 0.398. The summed E-state index contributed by atoms with van der Waals surface area (Å²) in [7, 11) is 0. The molecule has 4 rings (SSSR count). The van der Waals surface area contributed by atoms with Gasteiger partial charge in [-0.25, -0.2) is 0 Å². The molecule has 2 aromatic carbocycles. The van der Waals surface area contributed by atoms with E-state index in [1.807, 2.05) is 0 Å². The largest absolute Gasteiger partial charge is 0.493 e. The van der Waals surface area contributed by atoms with E-state index in [0.29, 0.717) is 18.0 Å².